The van der Waals surface area contributed by atoms with E-state index in [1.54, 1.807) is 24.3 Å². The van der Waals surface area contributed by atoms with Gasteiger partial charge in [0, 0.05) is 6.07 Å². The summed E-state index contributed by atoms with van der Waals surface area (Å²) in [6.07, 6.45) is 0. The highest BCUT2D eigenvalue weighted by Gasteiger charge is 2.18. The zero-order valence-corrected chi connectivity index (χ0v) is 6.01. The van der Waals surface area contributed by atoms with Crippen LogP contribution in [0.3, 0.4) is 0 Å². The molecule has 1 aromatic rings. The fourth-order valence-electron chi connectivity index (χ4n) is 0.647. The van der Waals surface area contributed by atoms with Crippen molar-refractivity contribution in [2.24, 2.45) is 0 Å². The minimum absolute atomic E-state index is 0.377. The quantitative estimate of drug-likeness (QED) is 0.425. The van der Waals surface area contributed by atoms with E-state index in [1.165, 1.54) is 0 Å². The first-order valence-electron chi connectivity index (χ1n) is 2.69. The lowest BCUT2D eigenvalue weighted by atomic mass is 10.3. The summed E-state index contributed by atoms with van der Waals surface area (Å²) in [4.78, 5) is 0.377. The van der Waals surface area contributed by atoms with Gasteiger partial charge in [0.25, 0.3) is 4.90 Å². The standard InChI is InChI=1S/C6H8NO2S/c7-5-3-1-2-4-6(5)10(8)9/h1-4,8-9H,7H2/q+1. The number of rotatable bonds is 1. The molecule has 10 heavy (non-hydrogen) atoms. The molecule has 0 bridgehead atoms. The molecule has 0 aliphatic heterocycles. The van der Waals surface area contributed by atoms with Crippen molar-refractivity contribution >= 4 is 17.1 Å². The zero-order chi connectivity index (χ0) is 7.56. The third-order valence-corrected chi connectivity index (χ3v) is 1.88. The highest BCUT2D eigenvalue weighted by atomic mass is 32.2. The Morgan fingerprint density at radius 2 is 1.80 bits per heavy atom. The number of benzene rings is 1. The van der Waals surface area contributed by atoms with Gasteiger partial charge >= 0.3 is 11.5 Å². The van der Waals surface area contributed by atoms with Gasteiger partial charge in [-0.25, -0.2) is 0 Å². The summed E-state index contributed by atoms with van der Waals surface area (Å²) in [5.41, 5.74) is 5.82. The van der Waals surface area contributed by atoms with Gasteiger partial charge in [0.2, 0.25) is 0 Å². The van der Waals surface area contributed by atoms with Crippen molar-refractivity contribution < 1.29 is 9.11 Å². The van der Waals surface area contributed by atoms with Crippen LogP contribution in [-0.4, -0.2) is 9.11 Å². The van der Waals surface area contributed by atoms with Crippen LogP contribution in [0.4, 0.5) is 5.69 Å². The molecule has 4 N–H and O–H groups in total. The maximum absolute atomic E-state index is 8.71. The van der Waals surface area contributed by atoms with Crippen molar-refractivity contribution in [1.82, 2.24) is 0 Å². The van der Waals surface area contributed by atoms with Crippen LogP contribution in [0.15, 0.2) is 29.2 Å². The fraction of sp³-hybridized carbons (Fsp3) is 0. The summed E-state index contributed by atoms with van der Waals surface area (Å²) in [6, 6.07) is 6.66. The van der Waals surface area contributed by atoms with Crippen LogP contribution in [0.1, 0.15) is 0 Å². The van der Waals surface area contributed by atoms with E-state index in [0.29, 0.717) is 10.6 Å². The first kappa shape index (κ1) is 7.40. The van der Waals surface area contributed by atoms with Gasteiger partial charge in [-0.1, -0.05) is 12.1 Å². The summed E-state index contributed by atoms with van der Waals surface area (Å²) in [5.74, 6) is 0. The molecule has 3 nitrogen and oxygen atoms in total. The first-order chi connectivity index (χ1) is 4.72. The number of para-hydroxylation sites is 1. The monoisotopic (exact) mass is 158 g/mol. The van der Waals surface area contributed by atoms with Gasteiger partial charge in [-0.3, -0.25) is 0 Å². The Balaban J connectivity index is 3.03. The molecule has 0 spiro atoms. The van der Waals surface area contributed by atoms with Crippen LogP contribution in [0.25, 0.3) is 0 Å². The van der Waals surface area contributed by atoms with E-state index in [9.17, 15) is 0 Å². The second kappa shape index (κ2) is 2.92. The van der Waals surface area contributed by atoms with Crippen molar-refractivity contribution in [3.63, 3.8) is 0 Å². The smallest absolute Gasteiger partial charge is 0.353 e. The second-order valence-corrected chi connectivity index (χ2v) is 2.77. The molecular formula is C6H8NO2S+. The van der Waals surface area contributed by atoms with E-state index < -0.39 is 11.5 Å². The Morgan fingerprint density at radius 1 is 1.20 bits per heavy atom. The molecule has 0 heterocycles. The highest BCUT2D eigenvalue weighted by Crippen LogP contribution is 2.15. The molecule has 0 saturated heterocycles. The molecule has 0 amide bonds. The van der Waals surface area contributed by atoms with E-state index in [-0.39, 0.29) is 0 Å². The average molecular weight is 158 g/mol. The van der Waals surface area contributed by atoms with Crippen LogP contribution >= 0.6 is 0 Å². The number of hydrogen-bond acceptors (Lipinski definition) is 3. The van der Waals surface area contributed by atoms with Gasteiger partial charge in [0.05, 0.1) is 5.69 Å². The Bertz CT molecular complexity index is 227. The van der Waals surface area contributed by atoms with Crippen LogP contribution in [0.5, 0.6) is 0 Å². The van der Waals surface area contributed by atoms with Crippen molar-refractivity contribution in [2.45, 2.75) is 4.90 Å². The predicted octanol–water partition coefficient (Wildman–Crippen LogP) is 1.19. The zero-order valence-electron chi connectivity index (χ0n) is 5.19. The van der Waals surface area contributed by atoms with Crippen molar-refractivity contribution in [1.29, 1.82) is 0 Å². The number of nitrogen functional groups attached to an aromatic ring is 1. The van der Waals surface area contributed by atoms with Gasteiger partial charge in [-0.15, -0.1) is 0 Å². The normalized spacial score (nSPS) is 10.3. The van der Waals surface area contributed by atoms with E-state index in [0.717, 1.165) is 0 Å². The molecule has 0 radical (unpaired) electrons. The van der Waals surface area contributed by atoms with Crippen LogP contribution in [0.2, 0.25) is 0 Å². The molecule has 0 saturated carbocycles. The van der Waals surface area contributed by atoms with Gasteiger partial charge in [-0.2, -0.15) is 9.11 Å². The van der Waals surface area contributed by atoms with Gasteiger partial charge in [0.1, 0.15) is 0 Å². The minimum atomic E-state index is -1.72. The largest absolute Gasteiger partial charge is 0.394 e. The Kier molecular flexibility index (Phi) is 2.16. The highest BCUT2D eigenvalue weighted by molar-refractivity contribution is 7.86. The third kappa shape index (κ3) is 1.41. The molecule has 0 unspecified atom stereocenters. The maximum atomic E-state index is 8.71. The predicted molar refractivity (Wildman–Crippen MR) is 41.7 cm³/mol. The Labute approximate surface area is 61.9 Å². The van der Waals surface area contributed by atoms with Crippen LogP contribution in [-0.2, 0) is 11.5 Å². The van der Waals surface area contributed by atoms with E-state index >= 15 is 0 Å². The number of nitrogens with two attached hydrogens (primary N) is 1. The Morgan fingerprint density at radius 3 is 2.20 bits per heavy atom. The molecule has 54 valence electrons. The van der Waals surface area contributed by atoms with E-state index in [2.05, 4.69) is 0 Å². The fourth-order valence-corrected chi connectivity index (χ4v) is 1.13. The van der Waals surface area contributed by atoms with E-state index in [4.69, 9.17) is 14.8 Å². The molecule has 0 atom stereocenters. The molecule has 4 heteroatoms. The summed E-state index contributed by atoms with van der Waals surface area (Å²) in [7, 11) is 0. The van der Waals surface area contributed by atoms with Gasteiger partial charge < -0.3 is 5.73 Å². The molecule has 0 aliphatic rings. The second-order valence-electron chi connectivity index (χ2n) is 1.80. The molecule has 1 rings (SSSR count). The lowest BCUT2D eigenvalue weighted by Gasteiger charge is -1.93. The molecule has 0 aliphatic carbocycles. The SMILES string of the molecule is Nc1ccccc1[S+](O)O. The maximum Gasteiger partial charge on any atom is 0.353 e. The molecule has 0 aromatic heterocycles. The first-order valence-corrected chi connectivity index (χ1v) is 3.82. The molecule has 1 aromatic carbocycles. The summed E-state index contributed by atoms with van der Waals surface area (Å²) in [5, 5.41) is 0. The van der Waals surface area contributed by atoms with Crippen molar-refractivity contribution in [3.8, 4) is 0 Å². The Hall–Kier alpha value is -0.710. The van der Waals surface area contributed by atoms with E-state index in [1.807, 2.05) is 0 Å². The lowest BCUT2D eigenvalue weighted by Crippen LogP contribution is -2.01. The summed E-state index contributed by atoms with van der Waals surface area (Å²) < 4.78 is 17.4. The third-order valence-electron chi connectivity index (χ3n) is 1.12. The van der Waals surface area contributed by atoms with Crippen molar-refractivity contribution in [3.05, 3.63) is 24.3 Å². The molecular weight excluding hydrogens is 150 g/mol. The molecule has 0 fully saturated rings. The summed E-state index contributed by atoms with van der Waals surface area (Å²) in [6.45, 7) is 0. The van der Waals surface area contributed by atoms with Gasteiger partial charge in [0.15, 0.2) is 0 Å². The van der Waals surface area contributed by atoms with Crippen LogP contribution < -0.4 is 5.73 Å². The lowest BCUT2D eigenvalue weighted by molar-refractivity contribution is 0.506. The topological polar surface area (TPSA) is 66.5 Å². The van der Waals surface area contributed by atoms with Crippen LogP contribution in [0, 0.1) is 0 Å². The average Bonchev–Trinajstić information content (AvgIpc) is 1.88. The minimum Gasteiger partial charge on any atom is -0.394 e. The van der Waals surface area contributed by atoms with Gasteiger partial charge in [-0.05, 0) is 6.07 Å². The number of hydrogen-bond donors (Lipinski definition) is 3. The summed E-state index contributed by atoms with van der Waals surface area (Å²) >= 11 is -1.72. The number of anilines is 1. The van der Waals surface area contributed by atoms with Crippen molar-refractivity contribution in [2.75, 3.05) is 5.73 Å².